The monoisotopic (exact) mass is 357 g/mol. The predicted octanol–water partition coefficient (Wildman–Crippen LogP) is 2.27. The summed E-state index contributed by atoms with van der Waals surface area (Å²) < 4.78 is 33.6. The number of rotatable bonds is 4. The molecule has 0 saturated heterocycles. The highest BCUT2D eigenvalue weighted by atomic mass is 32.2. The van der Waals surface area contributed by atoms with Gasteiger partial charge in [0.25, 0.3) is 10.0 Å². The maximum Gasteiger partial charge on any atom is 0.268 e. The van der Waals surface area contributed by atoms with Crippen LogP contribution in [0.25, 0.3) is 11.0 Å². The first kappa shape index (κ1) is 16.1. The molecule has 0 amide bonds. The molecule has 1 aliphatic heterocycles. The second kappa shape index (κ2) is 5.86. The molecule has 1 aliphatic rings. The van der Waals surface area contributed by atoms with Gasteiger partial charge in [-0.25, -0.2) is 12.4 Å². The maximum atomic E-state index is 13.4. The largest absolute Gasteiger partial charge is 0.493 e. The Morgan fingerprint density at radius 2 is 2.16 bits per heavy atom. The number of hydrogen-bond acceptors (Lipinski definition) is 5. The van der Waals surface area contributed by atoms with E-state index in [4.69, 9.17) is 10.5 Å². The van der Waals surface area contributed by atoms with Crippen LogP contribution in [-0.2, 0) is 16.4 Å². The molecule has 2 aromatic heterocycles. The summed E-state index contributed by atoms with van der Waals surface area (Å²) >= 11 is 0. The molecule has 0 saturated carbocycles. The molecule has 6 nitrogen and oxygen atoms in total. The maximum absolute atomic E-state index is 13.4. The third kappa shape index (κ3) is 2.42. The zero-order valence-electron chi connectivity index (χ0n) is 13.8. The lowest BCUT2D eigenvalue weighted by Gasteiger charge is -2.10. The van der Waals surface area contributed by atoms with Gasteiger partial charge in [0.2, 0.25) is 0 Å². The Labute approximate surface area is 146 Å². The van der Waals surface area contributed by atoms with Gasteiger partial charge in [-0.3, -0.25) is 4.98 Å². The number of fused-ring (bicyclic) bond motifs is 2. The van der Waals surface area contributed by atoms with Crippen molar-refractivity contribution in [2.75, 3.05) is 13.2 Å². The van der Waals surface area contributed by atoms with Crippen LogP contribution in [0.15, 0.2) is 47.6 Å². The molecule has 0 radical (unpaired) electrons. The topological polar surface area (TPSA) is 87.2 Å². The van der Waals surface area contributed by atoms with E-state index >= 15 is 0 Å². The van der Waals surface area contributed by atoms with Gasteiger partial charge >= 0.3 is 0 Å². The van der Waals surface area contributed by atoms with E-state index in [1.165, 1.54) is 3.97 Å². The van der Waals surface area contributed by atoms with E-state index in [-0.39, 0.29) is 10.8 Å². The molecule has 25 heavy (non-hydrogen) atoms. The summed E-state index contributed by atoms with van der Waals surface area (Å²) in [7, 11) is -3.76. The number of nitrogens with zero attached hydrogens (tertiary/aromatic N) is 2. The number of pyridine rings is 1. The van der Waals surface area contributed by atoms with Gasteiger partial charge in [-0.15, -0.1) is 0 Å². The zero-order valence-corrected chi connectivity index (χ0v) is 14.7. The summed E-state index contributed by atoms with van der Waals surface area (Å²) in [5.74, 6) is 0.657. The number of hydrogen-bond donors (Lipinski definition) is 1. The molecule has 1 unspecified atom stereocenters. The molecule has 0 fully saturated rings. The summed E-state index contributed by atoms with van der Waals surface area (Å²) in [5, 5.41) is 0. The highest BCUT2D eigenvalue weighted by Crippen LogP contribution is 2.34. The summed E-state index contributed by atoms with van der Waals surface area (Å²) in [6.45, 7) is 2.89. The van der Waals surface area contributed by atoms with Crippen LogP contribution in [-0.4, -0.2) is 30.5 Å². The van der Waals surface area contributed by atoms with Gasteiger partial charge in [0.15, 0.2) is 0 Å². The van der Waals surface area contributed by atoms with Crippen molar-refractivity contribution in [3.05, 3.63) is 53.9 Å². The van der Waals surface area contributed by atoms with Crippen molar-refractivity contribution in [1.82, 2.24) is 8.96 Å². The van der Waals surface area contributed by atoms with Crippen molar-refractivity contribution in [3.8, 4) is 5.75 Å². The molecular weight excluding hydrogens is 338 g/mol. The third-order valence-corrected chi connectivity index (χ3v) is 6.43. The van der Waals surface area contributed by atoms with Gasteiger partial charge in [-0.2, -0.15) is 0 Å². The van der Waals surface area contributed by atoms with Crippen LogP contribution in [0.3, 0.4) is 0 Å². The third-order valence-electron chi connectivity index (χ3n) is 4.67. The van der Waals surface area contributed by atoms with Crippen LogP contribution < -0.4 is 10.5 Å². The number of aromatic nitrogens is 2. The summed E-state index contributed by atoms with van der Waals surface area (Å²) in [4.78, 5) is 4.67. The predicted molar refractivity (Wildman–Crippen MR) is 95.4 cm³/mol. The number of nitrogens with two attached hydrogens (primary N) is 1. The summed E-state index contributed by atoms with van der Waals surface area (Å²) in [6.07, 6.45) is 3.91. The Morgan fingerprint density at radius 1 is 1.32 bits per heavy atom. The van der Waals surface area contributed by atoms with Gasteiger partial charge in [0, 0.05) is 29.9 Å². The number of benzene rings is 1. The average Bonchev–Trinajstić information content (AvgIpc) is 3.25. The summed E-state index contributed by atoms with van der Waals surface area (Å²) in [5.41, 5.74) is 8.61. The molecule has 1 aromatic carbocycles. The lowest BCUT2D eigenvalue weighted by Crippen LogP contribution is -2.14. The SMILES string of the molecule is CC(CN)c1cn(S(=O)(=O)c2cccc3c2CCO3)c2cccnc12. The van der Waals surface area contributed by atoms with Gasteiger partial charge < -0.3 is 10.5 Å². The Hall–Kier alpha value is -2.38. The molecule has 0 aliphatic carbocycles. The summed E-state index contributed by atoms with van der Waals surface area (Å²) in [6, 6.07) is 8.66. The fourth-order valence-electron chi connectivity index (χ4n) is 3.28. The van der Waals surface area contributed by atoms with Gasteiger partial charge in [0.05, 0.1) is 22.5 Å². The Kier molecular flexibility index (Phi) is 3.77. The molecule has 1 atom stereocenters. The van der Waals surface area contributed by atoms with E-state index < -0.39 is 10.0 Å². The smallest absolute Gasteiger partial charge is 0.268 e. The molecule has 130 valence electrons. The van der Waals surface area contributed by atoms with Gasteiger partial charge in [0.1, 0.15) is 5.75 Å². The quantitative estimate of drug-likeness (QED) is 0.774. The fourth-order valence-corrected chi connectivity index (χ4v) is 4.91. The Bertz CT molecular complexity index is 1060. The van der Waals surface area contributed by atoms with Crippen molar-refractivity contribution >= 4 is 21.1 Å². The van der Waals surface area contributed by atoms with Crippen molar-refractivity contribution in [1.29, 1.82) is 0 Å². The lowest BCUT2D eigenvalue weighted by atomic mass is 10.0. The molecule has 3 heterocycles. The highest BCUT2D eigenvalue weighted by molar-refractivity contribution is 7.90. The van der Waals surface area contributed by atoms with E-state index in [0.29, 0.717) is 36.4 Å². The highest BCUT2D eigenvalue weighted by Gasteiger charge is 2.28. The van der Waals surface area contributed by atoms with Crippen molar-refractivity contribution < 1.29 is 13.2 Å². The average molecular weight is 357 g/mol. The fraction of sp³-hybridized carbons (Fsp3) is 0.278. The molecule has 2 N–H and O–H groups in total. The van der Waals surface area contributed by atoms with E-state index in [0.717, 1.165) is 11.1 Å². The first-order valence-corrected chi connectivity index (χ1v) is 9.64. The Balaban J connectivity index is 1.97. The van der Waals surface area contributed by atoms with Crippen LogP contribution in [0.1, 0.15) is 24.0 Å². The second-order valence-corrected chi connectivity index (χ2v) is 8.01. The standard InChI is InChI=1S/C18H19N3O3S/c1-12(10-19)14-11-21(15-4-3-8-20-18(14)15)25(22,23)17-6-2-5-16-13(17)7-9-24-16/h2-6,8,11-12H,7,9-10,19H2,1H3. The molecular formula is C18H19N3O3S. The minimum Gasteiger partial charge on any atom is -0.493 e. The van der Waals surface area contributed by atoms with E-state index in [1.807, 2.05) is 6.92 Å². The van der Waals surface area contributed by atoms with Gasteiger partial charge in [-0.1, -0.05) is 13.0 Å². The first-order valence-electron chi connectivity index (χ1n) is 8.20. The van der Waals surface area contributed by atoms with E-state index in [1.54, 1.807) is 42.7 Å². The molecule has 7 heteroatoms. The zero-order chi connectivity index (χ0) is 17.6. The first-order chi connectivity index (χ1) is 12.0. The minimum atomic E-state index is -3.76. The normalized spacial score (nSPS) is 15.1. The molecule has 0 bridgehead atoms. The lowest BCUT2D eigenvalue weighted by molar-refractivity contribution is 0.357. The van der Waals surface area contributed by atoms with Gasteiger partial charge in [-0.05, 0) is 36.7 Å². The second-order valence-electron chi connectivity index (χ2n) is 6.22. The minimum absolute atomic E-state index is 0.0127. The van der Waals surface area contributed by atoms with Crippen LogP contribution in [0.2, 0.25) is 0 Å². The molecule has 4 rings (SSSR count). The van der Waals surface area contributed by atoms with Crippen LogP contribution >= 0.6 is 0 Å². The van der Waals surface area contributed by atoms with Crippen molar-refractivity contribution in [2.24, 2.45) is 5.73 Å². The van der Waals surface area contributed by atoms with Crippen LogP contribution in [0.4, 0.5) is 0 Å². The van der Waals surface area contributed by atoms with Crippen LogP contribution in [0.5, 0.6) is 5.75 Å². The molecule has 3 aromatic rings. The van der Waals surface area contributed by atoms with Crippen LogP contribution in [0, 0.1) is 0 Å². The number of ether oxygens (including phenoxy) is 1. The van der Waals surface area contributed by atoms with Crippen molar-refractivity contribution in [3.63, 3.8) is 0 Å². The van der Waals surface area contributed by atoms with Crippen molar-refractivity contribution in [2.45, 2.75) is 24.2 Å². The van der Waals surface area contributed by atoms with E-state index in [2.05, 4.69) is 4.98 Å². The van der Waals surface area contributed by atoms with E-state index in [9.17, 15) is 8.42 Å². The molecule has 0 spiro atoms. The Morgan fingerprint density at radius 3 is 2.96 bits per heavy atom.